The SMILES string of the molecule is CCCNc1ncc(CSc2ccc(S(C)(=O)=O)cc2)s1. The Kier molecular flexibility index (Phi) is 5.66. The minimum absolute atomic E-state index is 0.357. The van der Waals surface area contributed by atoms with Crippen LogP contribution in [0.1, 0.15) is 18.2 Å². The largest absolute Gasteiger partial charge is 0.362 e. The first-order valence-corrected chi connectivity index (χ1v) is 10.3. The van der Waals surface area contributed by atoms with E-state index in [1.165, 1.54) is 11.1 Å². The number of thiazole rings is 1. The lowest BCUT2D eigenvalue weighted by Gasteiger charge is -2.02. The predicted octanol–water partition coefficient (Wildman–Crippen LogP) is 3.66. The topological polar surface area (TPSA) is 59.1 Å². The summed E-state index contributed by atoms with van der Waals surface area (Å²) >= 11 is 3.34. The average molecular weight is 343 g/mol. The lowest BCUT2D eigenvalue weighted by Crippen LogP contribution is -1.97. The molecular formula is C14H18N2O2S3. The summed E-state index contributed by atoms with van der Waals surface area (Å²) in [6.07, 6.45) is 4.19. The molecule has 1 aromatic carbocycles. The molecule has 21 heavy (non-hydrogen) atoms. The number of nitrogens with one attached hydrogen (secondary N) is 1. The van der Waals surface area contributed by atoms with E-state index in [2.05, 4.69) is 17.2 Å². The van der Waals surface area contributed by atoms with Gasteiger partial charge in [-0.2, -0.15) is 0 Å². The van der Waals surface area contributed by atoms with Crippen molar-refractivity contribution in [2.24, 2.45) is 0 Å². The van der Waals surface area contributed by atoms with Crippen molar-refractivity contribution in [3.05, 3.63) is 35.3 Å². The summed E-state index contributed by atoms with van der Waals surface area (Å²) in [5, 5.41) is 4.23. The fraction of sp³-hybridized carbons (Fsp3) is 0.357. The first-order valence-electron chi connectivity index (χ1n) is 6.60. The molecule has 4 nitrogen and oxygen atoms in total. The Hall–Kier alpha value is -1.05. The van der Waals surface area contributed by atoms with Crippen LogP contribution < -0.4 is 5.32 Å². The van der Waals surface area contributed by atoms with Gasteiger partial charge in [0.25, 0.3) is 0 Å². The second kappa shape index (κ2) is 7.29. The maximum Gasteiger partial charge on any atom is 0.182 e. The summed E-state index contributed by atoms with van der Waals surface area (Å²) in [6.45, 7) is 3.06. The molecule has 0 aliphatic heterocycles. The van der Waals surface area contributed by atoms with Gasteiger partial charge in [0.1, 0.15) is 0 Å². The van der Waals surface area contributed by atoms with Crippen LogP contribution in [-0.2, 0) is 15.6 Å². The molecule has 0 amide bonds. The Morgan fingerprint density at radius 3 is 2.62 bits per heavy atom. The van der Waals surface area contributed by atoms with E-state index >= 15 is 0 Å². The molecular weight excluding hydrogens is 324 g/mol. The number of rotatable bonds is 7. The van der Waals surface area contributed by atoms with Gasteiger partial charge >= 0.3 is 0 Å². The Balaban J connectivity index is 1.92. The van der Waals surface area contributed by atoms with Crippen molar-refractivity contribution in [1.82, 2.24) is 4.98 Å². The van der Waals surface area contributed by atoms with Crippen LogP contribution in [-0.4, -0.2) is 26.2 Å². The lowest BCUT2D eigenvalue weighted by molar-refractivity contribution is 0.602. The van der Waals surface area contributed by atoms with E-state index in [9.17, 15) is 8.42 Å². The van der Waals surface area contributed by atoms with Crippen LogP contribution in [0.4, 0.5) is 5.13 Å². The normalized spacial score (nSPS) is 11.5. The van der Waals surface area contributed by atoms with Gasteiger partial charge < -0.3 is 5.32 Å². The van der Waals surface area contributed by atoms with Crippen molar-refractivity contribution in [3.63, 3.8) is 0 Å². The average Bonchev–Trinajstić information content (AvgIpc) is 2.90. The second-order valence-corrected chi connectivity index (χ2v) is 8.77. The third-order valence-corrected chi connectivity index (χ3v) is 6.04. The van der Waals surface area contributed by atoms with Crippen LogP contribution in [0.15, 0.2) is 40.3 Å². The van der Waals surface area contributed by atoms with Crippen molar-refractivity contribution >= 4 is 38.1 Å². The molecule has 114 valence electrons. The zero-order valence-corrected chi connectivity index (χ0v) is 14.4. The summed E-state index contributed by atoms with van der Waals surface area (Å²) in [5.41, 5.74) is 0. The minimum atomic E-state index is -3.12. The first kappa shape index (κ1) is 16.3. The summed E-state index contributed by atoms with van der Waals surface area (Å²) in [6, 6.07) is 6.99. The van der Waals surface area contributed by atoms with Gasteiger partial charge in [-0.1, -0.05) is 6.92 Å². The zero-order chi connectivity index (χ0) is 15.3. The monoisotopic (exact) mass is 342 g/mol. The maximum absolute atomic E-state index is 11.4. The number of nitrogens with zero attached hydrogens (tertiary/aromatic N) is 1. The van der Waals surface area contributed by atoms with E-state index < -0.39 is 9.84 Å². The molecule has 0 saturated heterocycles. The van der Waals surface area contributed by atoms with E-state index in [0.29, 0.717) is 4.90 Å². The van der Waals surface area contributed by atoms with Crippen LogP contribution in [0.3, 0.4) is 0 Å². The Labute approximate surface area is 133 Å². The van der Waals surface area contributed by atoms with Crippen LogP contribution in [0.2, 0.25) is 0 Å². The van der Waals surface area contributed by atoms with Gasteiger partial charge in [-0.15, -0.1) is 23.1 Å². The van der Waals surface area contributed by atoms with Gasteiger partial charge in [0.2, 0.25) is 0 Å². The number of aromatic nitrogens is 1. The van der Waals surface area contributed by atoms with Crippen molar-refractivity contribution < 1.29 is 8.42 Å². The van der Waals surface area contributed by atoms with Gasteiger partial charge in [0.05, 0.1) is 4.90 Å². The molecule has 0 atom stereocenters. The summed E-state index contributed by atoms with van der Waals surface area (Å²) < 4.78 is 22.8. The fourth-order valence-electron chi connectivity index (χ4n) is 1.63. The highest BCUT2D eigenvalue weighted by Crippen LogP contribution is 2.28. The minimum Gasteiger partial charge on any atom is -0.362 e. The van der Waals surface area contributed by atoms with E-state index in [1.54, 1.807) is 35.2 Å². The van der Waals surface area contributed by atoms with E-state index in [4.69, 9.17) is 0 Å². The van der Waals surface area contributed by atoms with E-state index in [-0.39, 0.29) is 0 Å². The number of anilines is 1. The Bertz CT molecular complexity index is 678. The molecule has 0 saturated carbocycles. The maximum atomic E-state index is 11.4. The highest BCUT2D eigenvalue weighted by atomic mass is 32.2. The number of thioether (sulfide) groups is 1. The molecule has 1 N–H and O–H groups in total. The van der Waals surface area contributed by atoms with E-state index in [1.807, 2.05) is 18.3 Å². The van der Waals surface area contributed by atoms with Crippen molar-refractivity contribution in [2.75, 3.05) is 18.1 Å². The van der Waals surface area contributed by atoms with Crippen LogP contribution in [0.25, 0.3) is 0 Å². The van der Waals surface area contributed by atoms with Crippen molar-refractivity contribution in [3.8, 4) is 0 Å². The van der Waals surface area contributed by atoms with Crippen LogP contribution in [0.5, 0.6) is 0 Å². The molecule has 0 spiro atoms. The van der Waals surface area contributed by atoms with Crippen molar-refractivity contribution in [1.29, 1.82) is 0 Å². The number of hydrogen-bond donors (Lipinski definition) is 1. The lowest BCUT2D eigenvalue weighted by atomic mass is 10.4. The first-order chi connectivity index (χ1) is 9.99. The molecule has 2 aromatic rings. The smallest absolute Gasteiger partial charge is 0.182 e. The fourth-order valence-corrected chi connectivity index (χ4v) is 4.01. The number of sulfone groups is 1. The Morgan fingerprint density at radius 1 is 1.29 bits per heavy atom. The molecule has 0 bridgehead atoms. The van der Waals surface area contributed by atoms with E-state index in [0.717, 1.165) is 28.7 Å². The molecule has 1 heterocycles. The molecule has 0 aliphatic carbocycles. The third-order valence-electron chi connectivity index (χ3n) is 2.71. The predicted molar refractivity (Wildman–Crippen MR) is 90.0 cm³/mol. The second-order valence-electron chi connectivity index (χ2n) is 4.59. The Morgan fingerprint density at radius 2 is 2.00 bits per heavy atom. The molecule has 1 aromatic heterocycles. The number of benzene rings is 1. The third kappa shape index (κ3) is 5.01. The summed E-state index contributed by atoms with van der Waals surface area (Å²) in [7, 11) is -3.12. The van der Waals surface area contributed by atoms with Gasteiger partial charge in [-0.25, -0.2) is 13.4 Å². The molecule has 0 aliphatic rings. The molecule has 0 fully saturated rings. The quantitative estimate of drug-likeness (QED) is 0.778. The highest BCUT2D eigenvalue weighted by molar-refractivity contribution is 7.98. The summed E-state index contributed by atoms with van der Waals surface area (Å²) in [5.74, 6) is 0.837. The van der Waals surface area contributed by atoms with Crippen LogP contribution >= 0.6 is 23.1 Å². The van der Waals surface area contributed by atoms with Gasteiger partial charge in [0.15, 0.2) is 15.0 Å². The summed E-state index contributed by atoms with van der Waals surface area (Å²) in [4.78, 5) is 6.94. The van der Waals surface area contributed by atoms with Crippen LogP contribution in [0, 0.1) is 0 Å². The zero-order valence-electron chi connectivity index (χ0n) is 12.0. The van der Waals surface area contributed by atoms with Gasteiger partial charge in [-0.05, 0) is 30.7 Å². The highest BCUT2D eigenvalue weighted by Gasteiger charge is 2.07. The molecule has 7 heteroatoms. The molecule has 0 radical (unpaired) electrons. The number of hydrogen-bond acceptors (Lipinski definition) is 6. The van der Waals surface area contributed by atoms with Gasteiger partial charge in [0, 0.05) is 34.5 Å². The van der Waals surface area contributed by atoms with Crippen molar-refractivity contribution in [2.45, 2.75) is 28.9 Å². The molecule has 0 unspecified atom stereocenters. The van der Waals surface area contributed by atoms with Gasteiger partial charge in [-0.3, -0.25) is 0 Å². The standard InChI is InChI=1S/C14H18N2O2S3/c1-3-8-15-14-16-9-12(20-14)10-19-11-4-6-13(7-5-11)21(2,17)18/h4-7,9H,3,8,10H2,1-2H3,(H,15,16). The molecule has 2 rings (SSSR count).